The fourth-order valence-corrected chi connectivity index (χ4v) is 4.05. The van der Waals surface area contributed by atoms with Crippen molar-refractivity contribution in [3.05, 3.63) is 54.6 Å². The summed E-state index contributed by atoms with van der Waals surface area (Å²) in [5.41, 5.74) is 2.83. The molecular weight excluding hydrogens is 332 g/mol. The summed E-state index contributed by atoms with van der Waals surface area (Å²) in [5, 5.41) is 6.41. The zero-order valence-electron chi connectivity index (χ0n) is 13.8. The number of thioether (sulfide) groups is 1. The first-order valence-electron chi connectivity index (χ1n) is 8.45. The molecule has 6 heteroatoms. The summed E-state index contributed by atoms with van der Waals surface area (Å²) in [6.07, 6.45) is 0.463. The third-order valence-electron chi connectivity index (χ3n) is 4.26. The van der Waals surface area contributed by atoms with E-state index in [-0.39, 0.29) is 11.9 Å². The molecule has 1 amide bonds. The van der Waals surface area contributed by atoms with Crippen LogP contribution in [0.5, 0.6) is 0 Å². The highest BCUT2D eigenvalue weighted by Crippen LogP contribution is 2.24. The predicted octanol–water partition coefficient (Wildman–Crippen LogP) is 3.06. The van der Waals surface area contributed by atoms with Crippen LogP contribution in [0, 0.1) is 0 Å². The van der Waals surface area contributed by atoms with E-state index in [4.69, 9.17) is 0 Å². The SMILES string of the molecule is O=C(CC1CSCCN1)Nc1nc2ccccc2n1-c1ccccc1. The lowest BCUT2D eigenvalue weighted by atomic mass is 10.2. The molecule has 1 aliphatic heterocycles. The maximum absolute atomic E-state index is 12.5. The summed E-state index contributed by atoms with van der Waals surface area (Å²) >= 11 is 1.89. The van der Waals surface area contributed by atoms with Gasteiger partial charge in [-0.1, -0.05) is 30.3 Å². The van der Waals surface area contributed by atoms with Crippen LogP contribution in [0.15, 0.2) is 54.6 Å². The molecule has 0 bridgehead atoms. The summed E-state index contributed by atoms with van der Waals surface area (Å²) in [5.74, 6) is 2.65. The zero-order valence-corrected chi connectivity index (χ0v) is 14.6. The van der Waals surface area contributed by atoms with E-state index in [1.807, 2.05) is 70.9 Å². The summed E-state index contributed by atoms with van der Waals surface area (Å²) in [7, 11) is 0. The van der Waals surface area contributed by atoms with Crippen LogP contribution in [-0.4, -0.2) is 39.6 Å². The van der Waals surface area contributed by atoms with Gasteiger partial charge in [0.15, 0.2) is 0 Å². The van der Waals surface area contributed by atoms with Crippen molar-refractivity contribution in [3.8, 4) is 5.69 Å². The number of imidazole rings is 1. The lowest BCUT2D eigenvalue weighted by Crippen LogP contribution is -2.40. The van der Waals surface area contributed by atoms with Crippen LogP contribution in [0.1, 0.15) is 6.42 Å². The number of nitrogens with one attached hydrogen (secondary N) is 2. The molecule has 2 N–H and O–H groups in total. The minimum atomic E-state index is -0.00696. The molecule has 5 nitrogen and oxygen atoms in total. The van der Waals surface area contributed by atoms with Crippen LogP contribution in [-0.2, 0) is 4.79 Å². The molecule has 128 valence electrons. The van der Waals surface area contributed by atoms with Crippen LogP contribution in [0.4, 0.5) is 5.95 Å². The molecule has 1 unspecified atom stereocenters. The van der Waals surface area contributed by atoms with Crippen molar-refractivity contribution in [1.82, 2.24) is 14.9 Å². The lowest BCUT2D eigenvalue weighted by Gasteiger charge is -2.22. The van der Waals surface area contributed by atoms with Crippen LogP contribution in [0.2, 0.25) is 0 Å². The molecule has 3 aromatic rings. The number of amides is 1. The van der Waals surface area contributed by atoms with Gasteiger partial charge in [0.1, 0.15) is 0 Å². The van der Waals surface area contributed by atoms with E-state index in [9.17, 15) is 4.79 Å². The molecule has 1 aliphatic rings. The van der Waals surface area contributed by atoms with Crippen LogP contribution < -0.4 is 10.6 Å². The number of aromatic nitrogens is 2. The number of para-hydroxylation sites is 3. The Morgan fingerprint density at radius 2 is 2.00 bits per heavy atom. The first kappa shape index (κ1) is 16.2. The van der Waals surface area contributed by atoms with Crippen molar-refractivity contribution in [3.63, 3.8) is 0 Å². The minimum absolute atomic E-state index is 0.00696. The first-order valence-corrected chi connectivity index (χ1v) is 9.60. The Kier molecular flexibility index (Phi) is 4.72. The molecule has 0 saturated carbocycles. The average molecular weight is 352 g/mol. The summed E-state index contributed by atoms with van der Waals surface area (Å²) in [6.45, 7) is 0.963. The van der Waals surface area contributed by atoms with Crippen molar-refractivity contribution in [2.24, 2.45) is 0 Å². The van der Waals surface area contributed by atoms with Crippen molar-refractivity contribution >= 4 is 34.7 Å². The number of nitrogens with zero attached hydrogens (tertiary/aromatic N) is 2. The second-order valence-corrected chi connectivity index (χ2v) is 7.22. The van der Waals surface area contributed by atoms with E-state index >= 15 is 0 Å². The lowest BCUT2D eigenvalue weighted by molar-refractivity contribution is -0.116. The molecule has 2 aromatic carbocycles. The largest absolute Gasteiger partial charge is 0.312 e. The van der Waals surface area contributed by atoms with E-state index in [0.717, 1.165) is 34.8 Å². The standard InChI is InChI=1S/C19H20N4OS/c24-18(12-14-13-25-11-10-20-14)22-19-21-16-8-4-5-9-17(16)23(19)15-6-2-1-3-7-15/h1-9,14,20H,10-13H2,(H,21,22,24). The van der Waals surface area contributed by atoms with Gasteiger partial charge in [-0.15, -0.1) is 0 Å². The molecule has 4 rings (SSSR count). The van der Waals surface area contributed by atoms with Gasteiger partial charge < -0.3 is 5.32 Å². The Bertz CT molecular complexity index is 872. The summed E-state index contributed by atoms with van der Waals surface area (Å²) in [4.78, 5) is 17.2. The third kappa shape index (κ3) is 3.55. The first-order chi connectivity index (χ1) is 12.3. The number of hydrogen-bond acceptors (Lipinski definition) is 4. The molecule has 1 saturated heterocycles. The Balaban J connectivity index is 1.63. The number of rotatable bonds is 4. The smallest absolute Gasteiger partial charge is 0.228 e. The second-order valence-electron chi connectivity index (χ2n) is 6.07. The highest BCUT2D eigenvalue weighted by atomic mass is 32.2. The van der Waals surface area contributed by atoms with Crippen molar-refractivity contribution in [2.45, 2.75) is 12.5 Å². The molecular formula is C19H20N4OS. The Morgan fingerprint density at radius 1 is 1.20 bits per heavy atom. The average Bonchev–Trinajstić information content (AvgIpc) is 3.01. The third-order valence-corrected chi connectivity index (χ3v) is 5.39. The fourth-order valence-electron chi connectivity index (χ4n) is 3.10. The van der Waals surface area contributed by atoms with Gasteiger partial charge >= 0.3 is 0 Å². The van der Waals surface area contributed by atoms with Gasteiger partial charge in [0.25, 0.3) is 0 Å². The number of anilines is 1. The van der Waals surface area contributed by atoms with E-state index in [0.29, 0.717) is 12.4 Å². The molecule has 1 aromatic heterocycles. The highest BCUT2D eigenvalue weighted by molar-refractivity contribution is 7.99. The monoisotopic (exact) mass is 352 g/mol. The van der Waals surface area contributed by atoms with E-state index in [1.54, 1.807) is 0 Å². The Morgan fingerprint density at radius 3 is 2.80 bits per heavy atom. The molecule has 0 radical (unpaired) electrons. The van der Waals surface area contributed by atoms with Gasteiger partial charge in [0.2, 0.25) is 11.9 Å². The van der Waals surface area contributed by atoms with Gasteiger partial charge in [-0.25, -0.2) is 4.98 Å². The molecule has 25 heavy (non-hydrogen) atoms. The molecule has 2 heterocycles. The number of fused-ring (bicyclic) bond motifs is 1. The summed E-state index contributed by atoms with van der Waals surface area (Å²) in [6, 6.07) is 18.1. The van der Waals surface area contributed by atoms with Crippen molar-refractivity contribution in [2.75, 3.05) is 23.4 Å². The Hall–Kier alpha value is -2.31. The number of carbonyl (C=O) groups is 1. The van der Waals surface area contributed by atoms with Crippen molar-refractivity contribution in [1.29, 1.82) is 0 Å². The van der Waals surface area contributed by atoms with Gasteiger partial charge in [-0.3, -0.25) is 14.7 Å². The number of hydrogen-bond donors (Lipinski definition) is 2. The predicted molar refractivity (Wildman–Crippen MR) is 103 cm³/mol. The van der Waals surface area contributed by atoms with Gasteiger partial charge in [-0.05, 0) is 24.3 Å². The molecule has 0 aliphatic carbocycles. The number of benzene rings is 2. The van der Waals surface area contributed by atoms with Crippen LogP contribution >= 0.6 is 11.8 Å². The fraction of sp³-hybridized carbons (Fsp3) is 0.263. The molecule has 0 spiro atoms. The normalized spacial score (nSPS) is 17.5. The van der Waals surface area contributed by atoms with E-state index < -0.39 is 0 Å². The second kappa shape index (κ2) is 7.29. The quantitative estimate of drug-likeness (QED) is 0.758. The maximum atomic E-state index is 12.5. The van der Waals surface area contributed by atoms with E-state index in [2.05, 4.69) is 15.6 Å². The van der Waals surface area contributed by atoms with Crippen LogP contribution in [0.25, 0.3) is 16.7 Å². The topological polar surface area (TPSA) is 59.0 Å². The van der Waals surface area contributed by atoms with Gasteiger partial charge in [0.05, 0.1) is 11.0 Å². The van der Waals surface area contributed by atoms with Crippen LogP contribution in [0.3, 0.4) is 0 Å². The van der Waals surface area contributed by atoms with Gasteiger partial charge in [0, 0.05) is 36.2 Å². The highest BCUT2D eigenvalue weighted by Gasteiger charge is 2.19. The summed E-state index contributed by atoms with van der Waals surface area (Å²) < 4.78 is 2.00. The Labute approximate surface area is 150 Å². The maximum Gasteiger partial charge on any atom is 0.228 e. The zero-order chi connectivity index (χ0) is 17.1. The van der Waals surface area contributed by atoms with E-state index in [1.165, 1.54) is 0 Å². The minimum Gasteiger partial charge on any atom is -0.312 e. The molecule has 1 atom stereocenters. The molecule has 1 fully saturated rings. The number of carbonyl (C=O) groups excluding carboxylic acids is 1. The van der Waals surface area contributed by atoms with Gasteiger partial charge in [-0.2, -0.15) is 11.8 Å². The van der Waals surface area contributed by atoms with Crippen molar-refractivity contribution < 1.29 is 4.79 Å².